The molecule has 1 aromatic carbocycles. The van der Waals surface area contributed by atoms with Crippen LogP contribution in [0.2, 0.25) is 0 Å². The summed E-state index contributed by atoms with van der Waals surface area (Å²) in [5.74, 6) is -0.775. The minimum absolute atomic E-state index is 0.0601. The fourth-order valence-electron chi connectivity index (χ4n) is 1.34. The van der Waals surface area contributed by atoms with Gasteiger partial charge in [-0.25, -0.2) is 4.79 Å². The minimum atomic E-state index is -3.87. The second-order valence-electron chi connectivity index (χ2n) is 3.60. The van der Waals surface area contributed by atoms with Crippen molar-refractivity contribution in [2.75, 3.05) is 13.2 Å². The lowest BCUT2D eigenvalue weighted by molar-refractivity contribution is 0.0517. The Labute approximate surface area is 122 Å². The van der Waals surface area contributed by atoms with Crippen molar-refractivity contribution in [3.05, 3.63) is 35.9 Å². The van der Waals surface area contributed by atoms with Gasteiger partial charge in [-0.05, 0) is 26.0 Å². The number of carbonyl (C=O) groups is 1. The Morgan fingerprint density at radius 3 is 2.29 bits per heavy atom. The van der Waals surface area contributed by atoms with Gasteiger partial charge in [0.2, 0.25) is 0 Å². The van der Waals surface area contributed by atoms with Crippen LogP contribution in [0, 0.1) is 11.3 Å². The molecule has 0 fully saturated rings. The van der Waals surface area contributed by atoms with Crippen LogP contribution in [0.3, 0.4) is 0 Å². The normalized spacial score (nSPS) is 11.8. The summed E-state index contributed by atoms with van der Waals surface area (Å²) in [6.45, 7) is 3.31. The standard InChI is InChI=1S/C13H15N2O5P/c1-3-18-21(17,19-4-2)12(10-14)15-20-13(16)11-8-6-5-7-9-11/h5-9H,3-4H2,1-2H3. The number of rotatable bonds is 7. The Bertz CT molecular complexity index is 584. The monoisotopic (exact) mass is 310 g/mol. The second-order valence-corrected chi connectivity index (χ2v) is 5.54. The summed E-state index contributed by atoms with van der Waals surface area (Å²) in [7, 11) is -3.87. The summed E-state index contributed by atoms with van der Waals surface area (Å²) in [5.41, 5.74) is -0.350. The molecule has 0 saturated heterocycles. The molecular formula is C13H15N2O5P. The molecule has 0 unspecified atom stereocenters. The third-order valence-electron chi connectivity index (χ3n) is 2.18. The van der Waals surface area contributed by atoms with Crippen molar-refractivity contribution in [3.63, 3.8) is 0 Å². The topological polar surface area (TPSA) is 98.0 Å². The van der Waals surface area contributed by atoms with Crippen LogP contribution in [-0.4, -0.2) is 24.6 Å². The molecule has 1 aromatic rings. The predicted molar refractivity (Wildman–Crippen MR) is 75.8 cm³/mol. The lowest BCUT2D eigenvalue weighted by atomic mass is 10.2. The molecule has 1 rings (SSSR count). The molecule has 8 heteroatoms. The van der Waals surface area contributed by atoms with Crippen molar-refractivity contribution in [1.82, 2.24) is 0 Å². The zero-order chi connectivity index (χ0) is 15.7. The molecule has 0 aliphatic heterocycles. The molecule has 0 aliphatic carbocycles. The lowest BCUT2D eigenvalue weighted by Gasteiger charge is -2.13. The summed E-state index contributed by atoms with van der Waals surface area (Å²) in [4.78, 5) is 16.3. The number of nitriles is 1. The molecule has 0 saturated carbocycles. The van der Waals surface area contributed by atoms with Crippen LogP contribution in [0.1, 0.15) is 24.2 Å². The van der Waals surface area contributed by atoms with Gasteiger partial charge in [0.25, 0.3) is 5.45 Å². The number of oxime groups is 1. The van der Waals surface area contributed by atoms with E-state index in [0.29, 0.717) is 0 Å². The highest BCUT2D eigenvalue weighted by Gasteiger charge is 2.33. The van der Waals surface area contributed by atoms with Gasteiger partial charge in [0, 0.05) is 0 Å². The number of benzene rings is 1. The maximum atomic E-state index is 12.3. The van der Waals surface area contributed by atoms with Gasteiger partial charge in [-0.1, -0.05) is 23.4 Å². The fraction of sp³-hybridized carbons (Fsp3) is 0.308. The highest BCUT2D eigenvalue weighted by atomic mass is 31.2. The Hall–Kier alpha value is -2.00. The predicted octanol–water partition coefficient (Wildman–Crippen LogP) is 2.95. The lowest BCUT2D eigenvalue weighted by Crippen LogP contribution is -2.08. The smallest absolute Gasteiger partial charge is 0.311 e. The van der Waals surface area contributed by atoms with Gasteiger partial charge in [0.05, 0.1) is 18.8 Å². The van der Waals surface area contributed by atoms with Crippen molar-refractivity contribution in [3.8, 4) is 6.07 Å². The van der Waals surface area contributed by atoms with E-state index in [1.807, 2.05) is 0 Å². The first kappa shape index (κ1) is 17.1. The van der Waals surface area contributed by atoms with E-state index < -0.39 is 19.0 Å². The van der Waals surface area contributed by atoms with Gasteiger partial charge in [-0.2, -0.15) is 5.26 Å². The van der Waals surface area contributed by atoms with Crippen LogP contribution in [0.15, 0.2) is 35.5 Å². The Morgan fingerprint density at radius 2 is 1.81 bits per heavy atom. The average Bonchev–Trinajstić information content (AvgIpc) is 2.49. The zero-order valence-corrected chi connectivity index (χ0v) is 12.6. The van der Waals surface area contributed by atoms with Crippen LogP contribution in [0.5, 0.6) is 0 Å². The highest BCUT2D eigenvalue weighted by molar-refractivity contribution is 7.73. The largest absolute Gasteiger partial charge is 0.393 e. The van der Waals surface area contributed by atoms with Crippen LogP contribution in [-0.2, 0) is 18.5 Å². The van der Waals surface area contributed by atoms with E-state index >= 15 is 0 Å². The molecule has 7 nitrogen and oxygen atoms in total. The van der Waals surface area contributed by atoms with Crippen molar-refractivity contribution in [1.29, 1.82) is 5.26 Å². The first-order chi connectivity index (χ1) is 10.1. The third-order valence-corrected chi connectivity index (χ3v) is 4.08. The molecule has 0 heterocycles. The number of hydrogen-bond acceptors (Lipinski definition) is 7. The van der Waals surface area contributed by atoms with E-state index in [2.05, 4.69) is 9.99 Å². The first-order valence-electron chi connectivity index (χ1n) is 6.21. The van der Waals surface area contributed by atoms with Crippen molar-refractivity contribution < 1.29 is 23.2 Å². The molecule has 0 spiro atoms. The molecule has 0 amide bonds. The molecule has 0 bridgehead atoms. The van der Waals surface area contributed by atoms with Gasteiger partial charge in [-0.15, -0.1) is 0 Å². The highest BCUT2D eigenvalue weighted by Crippen LogP contribution is 2.49. The second kappa shape index (κ2) is 8.32. The molecule has 21 heavy (non-hydrogen) atoms. The fourth-order valence-corrected chi connectivity index (χ4v) is 2.60. The van der Waals surface area contributed by atoms with Crippen LogP contribution in [0.4, 0.5) is 0 Å². The molecule has 0 atom stereocenters. The van der Waals surface area contributed by atoms with E-state index in [1.165, 1.54) is 12.1 Å². The molecule has 0 N–H and O–H groups in total. The summed E-state index contributed by atoms with van der Waals surface area (Å²) in [6, 6.07) is 9.66. The Morgan fingerprint density at radius 1 is 1.24 bits per heavy atom. The van der Waals surface area contributed by atoms with Gasteiger partial charge >= 0.3 is 13.6 Å². The van der Waals surface area contributed by atoms with Crippen LogP contribution in [0.25, 0.3) is 0 Å². The SMILES string of the molecule is CCOP(=O)(OCC)C(C#N)=NOC(=O)c1ccccc1. The van der Waals surface area contributed by atoms with E-state index in [9.17, 15) is 9.36 Å². The summed E-state index contributed by atoms with van der Waals surface area (Å²) < 4.78 is 22.2. The van der Waals surface area contributed by atoms with Crippen molar-refractivity contribution >= 4 is 19.0 Å². The summed E-state index contributed by atoms with van der Waals surface area (Å²) >= 11 is 0. The van der Waals surface area contributed by atoms with Crippen LogP contribution < -0.4 is 0 Å². The first-order valence-corrected chi connectivity index (χ1v) is 7.75. The van der Waals surface area contributed by atoms with Gasteiger partial charge in [0.1, 0.15) is 6.07 Å². The van der Waals surface area contributed by atoms with Crippen molar-refractivity contribution in [2.24, 2.45) is 5.16 Å². The number of carbonyl (C=O) groups excluding carboxylic acids is 1. The molecule has 0 aromatic heterocycles. The maximum absolute atomic E-state index is 12.3. The van der Waals surface area contributed by atoms with Crippen molar-refractivity contribution in [2.45, 2.75) is 13.8 Å². The summed E-state index contributed by atoms with van der Waals surface area (Å²) in [6.07, 6.45) is 0. The maximum Gasteiger partial charge on any atom is 0.393 e. The van der Waals surface area contributed by atoms with E-state index in [4.69, 9.17) is 14.3 Å². The molecule has 0 radical (unpaired) electrons. The Balaban J connectivity index is 2.91. The third kappa shape index (κ3) is 4.80. The van der Waals surface area contributed by atoms with Crippen LogP contribution >= 0.6 is 7.60 Å². The summed E-state index contributed by atoms with van der Waals surface area (Å²) in [5, 5.41) is 12.3. The van der Waals surface area contributed by atoms with E-state index in [0.717, 1.165) is 0 Å². The van der Waals surface area contributed by atoms with Gasteiger partial charge in [-0.3, -0.25) is 4.57 Å². The number of hydrogen-bond donors (Lipinski definition) is 0. The molecule has 0 aliphatic rings. The minimum Gasteiger partial charge on any atom is -0.311 e. The molecule has 112 valence electrons. The van der Waals surface area contributed by atoms with E-state index in [1.54, 1.807) is 38.1 Å². The molecular weight excluding hydrogens is 295 g/mol. The number of nitrogens with zero attached hydrogens (tertiary/aromatic N) is 2. The van der Waals surface area contributed by atoms with E-state index in [-0.39, 0.29) is 18.8 Å². The van der Waals surface area contributed by atoms with Gasteiger partial charge in [0.15, 0.2) is 0 Å². The zero-order valence-electron chi connectivity index (χ0n) is 11.7. The van der Waals surface area contributed by atoms with Gasteiger partial charge < -0.3 is 13.9 Å². The Kier molecular flexibility index (Phi) is 6.76. The average molecular weight is 310 g/mol. The quantitative estimate of drug-likeness (QED) is 0.332.